The van der Waals surface area contributed by atoms with Gasteiger partial charge in [-0.05, 0) is 39.0 Å². The van der Waals surface area contributed by atoms with Gasteiger partial charge < -0.3 is 10.2 Å². The number of rotatable bonds is 8. The number of benzene rings is 5. The van der Waals surface area contributed by atoms with E-state index in [0.29, 0.717) is 16.8 Å². The van der Waals surface area contributed by atoms with Gasteiger partial charge in [-0.2, -0.15) is 0 Å². The van der Waals surface area contributed by atoms with Crippen LogP contribution in [0, 0.1) is 0 Å². The molecule has 5 aromatic carbocycles. The van der Waals surface area contributed by atoms with Gasteiger partial charge in [0.05, 0.1) is 12.7 Å². The summed E-state index contributed by atoms with van der Waals surface area (Å²) in [5, 5.41) is 6.41. The Kier molecular flexibility index (Phi) is 9.27. The summed E-state index contributed by atoms with van der Waals surface area (Å²) >= 11 is 0. The van der Waals surface area contributed by atoms with E-state index in [1.165, 1.54) is 4.90 Å². The van der Waals surface area contributed by atoms with Crippen LogP contribution in [0.5, 0.6) is 0 Å². The summed E-state index contributed by atoms with van der Waals surface area (Å²) in [6.07, 6.45) is 0. The first kappa shape index (κ1) is 30.7. The van der Waals surface area contributed by atoms with E-state index >= 15 is 0 Å². The first-order valence-corrected chi connectivity index (χ1v) is 16.5. The molecule has 0 bridgehead atoms. The minimum Gasteiger partial charge on any atom is -0.349 e. The lowest BCUT2D eigenvalue weighted by molar-refractivity contribution is -0.127. The molecule has 0 heterocycles. The van der Waals surface area contributed by atoms with Gasteiger partial charge in [0.2, 0.25) is 5.91 Å². The maximum absolute atomic E-state index is 14.1. The Hall–Kier alpha value is -4.73. The first-order valence-electron chi connectivity index (χ1n) is 14.7. The average molecular weight is 600 g/mol. The number of likely N-dealkylation sites (N-methyl/N-ethyl adjacent to an activating group) is 1. The van der Waals surface area contributed by atoms with E-state index in [2.05, 4.69) is 41.7 Å². The minimum atomic E-state index is -2.64. The van der Waals surface area contributed by atoms with Crippen LogP contribution in [0.15, 0.2) is 150 Å². The van der Waals surface area contributed by atoms with Crippen LogP contribution >= 0.6 is 7.05 Å². The van der Waals surface area contributed by atoms with Crippen molar-refractivity contribution in [3.05, 3.63) is 157 Å². The van der Waals surface area contributed by atoms with E-state index in [9.17, 15) is 9.59 Å². The zero-order valence-corrected chi connectivity index (χ0v) is 26.5. The van der Waals surface area contributed by atoms with Gasteiger partial charge in [-0.15, -0.1) is 0 Å². The second-order valence-electron chi connectivity index (χ2n) is 11.7. The lowest BCUT2D eigenvalue weighted by atomic mass is 10.00. The van der Waals surface area contributed by atoms with Crippen LogP contribution < -0.4 is 21.2 Å². The number of hydrogen-bond acceptors (Lipinski definition) is 3. The zero-order chi connectivity index (χ0) is 31.2. The largest absolute Gasteiger partial charge is 0.349 e. The number of carbonyl (C=O) groups is 2. The van der Waals surface area contributed by atoms with Crippen LogP contribution in [0.1, 0.15) is 42.7 Å². The van der Waals surface area contributed by atoms with E-state index in [1.54, 1.807) is 19.2 Å². The van der Waals surface area contributed by atoms with Crippen molar-refractivity contribution < 1.29 is 9.59 Å². The Morgan fingerprint density at radius 3 is 1.50 bits per heavy atom. The average Bonchev–Trinajstić information content (AvgIpc) is 3.05. The van der Waals surface area contributed by atoms with Gasteiger partial charge >= 0.3 is 0 Å². The number of amides is 2. The van der Waals surface area contributed by atoms with Crippen LogP contribution in [0.2, 0.25) is 0 Å². The molecule has 1 atom stereocenters. The Balaban J connectivity index is 1.80. The molecule has 44 heavy (non-hydrogen) atoms. The van der Waals surface area contributed by atoms with Gasteiger partial charge in [0.25, 0.3) is 5.91 Å². The number of nitrogens with zero attached hydrogens (tertiary/aromatic N) is 2. The molecule has 0 fully saturated rings. The predicted octanol–water partition coefficient (Wildman–Crippen LogP) is 7.22. The monoisotopic (exact) mass is 599 g/mol. The van der Waals surface area contributed by atoms with Crippen LogP contribution in [0.4, 0.5) is 5.69 Å². The summed E-state index contributed by atoms with van der Waals surface area (Å²) in [5.41, 5.74) is 1.33. The highest BCUT2D eigenvalue weighted by atomic mass is 31.2. The maximum atomic E-state index is 14.1. The standard InChI is InChI=1S/C38H38N3O2P/c1-38(2,3)39-36(42)35(41(4)37(43)29-19-9-5-10-20-29)33-27-17-18-28-34(33)40-44(30-21-11-6-12-22-30,31-23-13-7-14-24-31)32-25-15-8-16-26-32/h5-28,35H,1-4H3,(H,39,42). The lowest BCUT2D eigenvalue weighted by Gasteiger charge is -2.32. The summed E-state index contributed by atoms with van der Waals surface area (Å²) in [5.74, 6) is -0.514. The summed E-state index contributed by atoms with van der Waals surface area (Å²) in [6.45, 7) is 5.82. The third-order valence-corrected chi connectivity index (χ3v) is 11.0. The summed E-state index contributed by atoms with van der Waals surface area (Å²) in [4.78, 5) is 29.5. The summed E-state index contributed by atoms with van der Waals surface area (Å²) in [7, 11) is -0.948. The minimum absolute atomic E-state index is 0.246. The highest BCUT2D eigenvalue weighted by Gasteiger charge is 2.34. The molecule has 0 spiro atoms. The lowest BCUT2D eigenvalue weighted by Crippen LogP contribution is -2.48. The van der Waals surface area contributed by atoms with Crippen molar-refractivity contribution >= 4 is 40.5 Å². The SMILES string of the molecule is CN(C(=O)c1ccccc1)C(C(=O)NC(C)(C)C)c1ccccc1N=P(c1ccccc1)(c1ccccc1)c1ccccc1. The molecule has 0 aliphatic rings. The van der Waals surface area contributed by atoms with Crippen molar-refractivity contribution in [1.82, 2.24) is 10.2 Å². The van der Waals surface area contributed by atoms with Crippen LogP contribution in [0.25, 0.3) is 0 Å². The second kappa shape index (κ2) is 13.3. The van der Waals surface area contributed by atoms with Crippen LogP contribution in [-0.2, 0) is 4.79 Å². The molecule has 0 radical (unpaired) electrons. The normalized spacial score (nSPS) is 12.2. The molecule has 0 aliphatic heterocycles. The van der Waals surface area contributed by atoms with Crippen molar-refractivity contribution in [1.29, 1.82) is 0 Å². The Morgan fingerprint density at radius 1 is 0.636 bits per heavy atom. The van der Waals surface area contributed by atoms with E-state index < -0.39 is 18.6 Å². The smallest absolute Gasteiger partial charge is 0.254 e. The Morgan fingerprint density at radius 2 is 1.05 bits per heavy atom. The molecule has 0 aromatic heterocycles. The predicted molar refractivity (Wildman–Crippen MR) is 183 cm³/mol. The Bertz CT molecular complexity index is 1660. The first-order chi connectivity index (χ1) is 21.2. The van der Waals surface area contributed by atoms with Crippen molar-refractivity contribution in [2.45, 2.75) is 32.4 Å². The molecule has 0 saturated heterocycles. The molecule has 5 nitrogen and oxygen atoms in total. The zero-order valence-electron chi connectivity index (χ0n) is 25.6. The molecular weight excluding hydrogens is 561 g/mol. The maximum Gasteiger partial charge on any atom is 0.254 e. The van der Waals surface area contributed by atoms with Gasteiger partial charge in [0.15, 0.2) is 0 Å². The third kappa shape index (κ3) is 6.59. The number of carbonyl (C=O) groups excluding carboxylic acids is 2. The molecule has 0 aliphatic carbocycles. The highest BCUT2D eigenvalue weighted by Crippen LogP contribution is 2.50. The van der Waals surface area contributed by atoms with Crippen molar-refractivity contribution in [2.24, 2.45) is 4.74 Å². The summed E-state index contributed by atoms with van der Waals surface area (Å²) in [6, 6.07) is 47.0. The quantitative estimate of drug-likeness (QED) is 0.192. The fourth-order valence-corrected chi connectivity index (χ4v) is 8.95. The second-order valence-corrected chi connectivity index (χ2v) is 14.7. The highest BCUT2D eigenvalue weighted by molar-refractivity contribution is 7.87. The van der Waals surface area contributed by atoms with Crippen molar-refractivity contribution in [3.8, 4) is 0 Å². The van der Waals surface area contributed by atoms with Gasteiger partial charge in [0.1, 0.15) is 6.04 Å². The van der Waals surface area contributed by atoms with E-state index in [0.717, 1.165) is 15.9 Å². The van der Waals surface area contributed by atoms with Gasteiger partial charge in [-0.3, -0.25) is 14.3 Å². The molecule has 1 N–H and O–H groups in total. The Labute approximate surface area is 260 Å². The van der Waals surface area contributed by atoms with Crippen LogP contribution in [-0.4, -0.2) is 29.3 Å². The van der Waals surface area contributed by atoms with Crippen molar-refractivity contribution in [3.63, 3.8) is 0 Å². The van der Waals surface area contributed by atoms with Crippen molar-refractivity contribution in [2.75, 3.05) is 7.05 Å². The molecule has 5 rings (SSSR count). The molecule has 1 unspecified atom stereocenters. The van der Waals surface area contributed by atoms with E-state index in [4.69, 9.17) is 4.74 Å². The van der Waals surface area contributed by atoms with E-state index in [1.807, 2.05) is 118 Å². The molecule has 5 aromatic rings. The van der Waals surface area contributed by atoms with Gasteiger partial charge in [-0.25, -0.2) is 0 Å². The van der Waals surface area contributed by atoms with Gasteiger partial charge in [-0.1, -0.05) is 127 Å². The topological polar surface area (TPSA) is 61.8 Å². The van der Waals surface area contributed by atoms with E-state index in [-0.39, 0.29) is 11.8 Å². The summed E-state index contributed by atoms with van der Waals surface area (Å²) < 4.78 is 5.71. The molecular formula is C38H38N3O2P. The van der Waals surface area contributed by atoms with Crippen LogP contribution in [0.3, 0.4) is 0 Å². The molecule has 222 valence electrons. The number of nitrogens with one attached hydrogen (secondary N) is 1. The molecule has 0 saturated carbocycles. The fourth-order valence-electron chi connectivity index (χ4n) is 5.39. The fraction of sp³-hybridized carbons (Fsp3) is 0.158. The van der Waals surface area contributed by atoms with Gasteiger partial charge in [0, 0.05) is 39.6 Å². The third-order valence-electron chi connectivity index (χ3n) is 7.35. The molecule has 2 amide bonds. The number of hydrogen-bond donors (Lipinski definition) is 1. The molecule has 6 heteroatoms.